The van der Waals surface area contributed by atoms with Gasteiger partial charge in [0.15, 0.2) is 0 Å². The predicted octanol–water partition coefficient (Wildman–Crippen LogP) is 0.914. The van der Waals surface area contributed by atoms with Gasteiger partial charge in [0.2, 0.25) is 5.91 Å². The first kappa shape index (κ1) is 13.8. The van der Waals surface area contributed by atoms with Gasteiger partial charge >= 0.3 is 0 Å². The largest absolute Gasteiger partial charge is 0.342 e. The lowest BCUT2D eigenvalue weighted by Crippen LogP contribution is -2.47. The molecule has 1 heterocycles. The minimum atomic E-state index is 0.194. The second-order valence-corrected chi connectivity index (χ2v) is 6.02. The topological polar surface area (TPSA) is 49.6 Å². The van der Waals surface area contributed by atoms with E-state index in [1.165, 1.54) is 6.42 Å². The number of carbonyl (C=O) groups is 1. The van der Waals surface area contributed by atoms with Crippen LogP contribution in [-0.4, -0.2) is 55.5 Å². The van der Waals surface area contributed by atoms with Crippen LogP contribution >= 0.6 is 0 Å². The number of nitrogens with two attached hydrogens (primary N) is 1. The first-order valence-corrected chi connectivity index (χ1v) is 7.28. The number of hydrogen-bond donors (Lipinski definition) is 1. The predicted molar refractivity (Wildman–Crippen MR) is 73.2 cm³/mol. The summed E-state index contributed by atoms with van der Waals surface area (Å²) in [7, 11) is 4.14. The van der Waals surface area contributed by atoms with Gasteiger partial charge < -0.3 is 15.5 Å². The standard InChI is InChI=1S/C14H27N3O/c1-16-8-6-12(7-9-16)17(2)14(18)13-5-3-4-11(13)10-15/h11-13H,3-10,15H2,1-2H3. The van der Waals surface area contributed by atoms with Gasteiger partial charge in [-0.15, -0.1) is 0 Å². The van der Waals surface area contributed by atoms with Crippen molar-refractivity contribution in [2.45, 2.75) is 38.1 Å². The molecule has 2 atom stereocenters. The average Bonchev–Trinajstić information content (AvgIpc) is 2.86. The number of carbonyl (C=O) groups excluding carboxylic acids is 1. The summed E-state index contributed by atoms with van der Waals surface area (Å²) in [6, 6.07) is 0.438. The van der Waals surface area contributed by atoms with Gasteiger partial charge in [-0.3, -0.25) is 4.79 Å². The maximum absolute atomic E-state index is 12.6. The number of amides is 1. The molecule has 0 aromatic rings. The highest BCUT2D eigenvalue weighted by Crippen LogP contribution is 2.33. The third-order valence-corrected chi connectivity index (χ3v) is 4.86. The number of hydrogen-bond acceptors (Lipinski definition) is 3. The van der Waals surface area contributed by atoms with E-state index >= 15 is 0 Å². The number of rotatable bonds is 3. The van der Waals surface area contributed by atoms with Crippen LogP contribution in [0.15, 0.2) is 0 Å². The van der Waals surface area contributed by atoms with E-state index in [4.69, 9.17) is 5.73 Å². The van der Waals surface area contributed by atoms with Crippen molar-refractivity contribution < 1.29 is 4.79 Å². The van der Waals surface area contributed by atoms with Crippen LogP contribution in [-0.2, 0) is 4.79 Å². The van der Waals surface area contributed by atoms with E-state index in [0.29, 0.717) is 24.4 Å². The summed E-state index contributed by atoms with van der Waals surface area (Å²) in [5.41, 5.74) is 5.78. The Morgan fingerprint density at radius 3 is 2.56 bits per heavy atom. The molecule has 2 unspecified atom stereocenters. The molecule has 0 aromatic carbocycles. The van der Waals surface area contributed by atoms with E-state index in [9.17, 15) is 4.79 Å². The SMILES string of the molecule is CN1CCC(N(C)C(=O)C2CCCC2CN)CC1. The number of piperidine rings is 1. The van der Waals surface area contributed by atoms with Crippen molar-refractivity contribution in [3.63, 3.8) is 0 Å². The highest BCUT2D eigenvalue weighted by Gasteiger charge is 2.35. The molecule has 0 bridgehead atoms. The van der Waals surface area contributed by atoms with Crippen LogP contribution in [0, 0.1) is 11.8 Å². The molecule has 104 valence electrons. The van der Waals surface area contributed by atoms with Gasteiger partial charge in [0.05, 0.1) is 0 Å². The minimum Gasteiger partial charge on any atom is -0.342 e. The second-order valence-electron chi connectivity index (χ2n) is 6.02. The summed E-state index contributed by atoms with van der Waals surface area (Å²) in [6.07, 6.45) is 5.56. The quantitative estimate of drug-likeness (QED) is 0.813. The van der Waals surface area contributed by atoms with Gasteiger partial charge in [-0.1, -0.05) is 6.42 Å². The molecule has 4 nitrogen and oxygen atoms in total. The number of nitrogens with zero attached hydrogens (tertiary/aromatic N) is 2. The fourth-order valence-corrected chi connectivity index (χ4v) is 3.47. The lowest BCUT2D eigenvalue weighted by molar-refractivity contribution is -0.138. The Morgan fingerprint density at radius 1 is 1.28 bits per heavy atom. The summed E-state index contributed by atoms with van der Waals surface area (Å²) in [5, 5.41) is 0. The Bertz CT molecular complexity index is 287. The molecular formula is C14H27N3O. The van der Waals surface area contributed by atoms with Crippen LogP contribution in [0.5, 0.6) is 0 Å². The molecule has 0 radical (unpaired) electrons. The van der Waals surface area contributed by atoms with Crippen LogP contribution in [0.2, 0.25) is 0 Å². The molecule has 2 aliphatic rings. The summed E-state index contributed by atoms with van der Waals surface area (Å²) in [6.45, 7) is 2.87. The smallest absolute Gasteiger partial charge is 0.226 e. The second kappa shape index (κ2) is 6.02. The zero-order valence-corrected chi connectivity index (χ0v) is 11.8. The van der Waals surface area contributed by atoms with E-state index in [-0.39, 0.29) is 5.92 Å². The third kappa shape index (κ3) is 2.86. The molecule has 0 aromatic heterocycles. The van der Waals surface area contributed by atoms with Gasteiger partial charge in [0.25, 0.3) is 0 Å². The Kier molecular flexibility index (Phi) is 4.62. The Labute approximate surface area is 110 Å². The van der Waals surface area contributed by atoms with E-state index in [0.717, 1.165) is 38.8 Å². The molecular weight excluding hydrogens is 226 g/mol. The Morgan fingerprint density at radius 2 is 1.94 bits per heavy atom. The Hall–Kier alpha value is -0.610. The minimum absolute atomic E-state index is 0.194. The van der Waals surface area contributed by atoms with Gasteiger partial charge in [0.1, 0.15) is 0 Å². The zero-order valence-electron chi connectivity index (χ0n) is 11.8. The van der Waals surface area contributed by atoms with Crippen molar-refractivity contribution in [2.75, 3.05) is 33.7 Å². The van der Waals surface area contributed by atoms with Crippen LogP contribution in [0.1, 0.15) is 32.1 Å². The van der Waals surface area contributed by atoms with E-state index in [1.54, 1.807) is 0 Å². The fourth-order valence-electron chi connectivity index (χ4n) is 3.47. The maximum atomic E-state index is 12.6. The van der Waals surface area contributed by atoms with E-state index in [1.807, 2.05) is 11.9 Å². The van der Waals surface area contributed by atoms with E-state index < -0.39 is 0 Å². The van der Waals surface area contributed by atoms with Gasteiger partial charge in [0, 0.05) is 19.0 Å². The molecule has 2 N–H and O–H groups in total. The molecule has 1 aliphatic heterocycles. The third-order valence-electron chi connectivity index (χ3n) is 4.86. The molecule has 2 rings (SSSR count). The average molecular weight is 253 g/mol. The summed E-state index contributed by atoms with van der Waals surface area (Å²) in [4.78, 5) is 16.9. The molecule has 1 saturated carbocycles. The lowest BCUT2D eigenvalue weighted by atomic mass is 9.93. The van der Waals surface area contributed by atoms with Gasteiger partial charge in [-0.05, 0) is 58.3 Å². The lowest BCUT2D eigenvalue weighted by Gasteiger charge is -2.37. The van der Waals surface area contributed by atoms with Crippen LogP contribution in [0.4, 0.5) is 0 Å². The van der Waals surface area contributed by atoms with Crippen molar-refractivity contribution in [1.82, 2.24) is 9.80 Å². The first-order valence-electron chi connectivity index (χ1n) is 7.28. The number of likely N-dealkylation sites (tertiary alicyclic amines) is 1. The normalized spacial score (nSPS) is 30.6. The van der Waals surface area contributed by atoms with Crippen LogP contribution < -0.4 is 5.73 Å². The fraction of sp³-hybridized carbons (Fsp3) is 0.929. The Balaban J connectivity index is 1.91. The highest BCUT2D eigenvalue weighted by molar-refractivity contribution is 5.79. The highest BCUT2D eigenvalue weighted by atomic mass is 16.2. The summed E-state index contributed by atoms with van der Waals surface area (Å²) >= 11 is 0. The molecule has 2 fully saturated rings. The molecule has 1 aliphatic carbocycles. The first-order chi connectivity index (χ1) is 8.63. The van der Waals surface area contributed by atoms with Crippen molar-refractivity contribution in [3.8, 4) is 0 Å². The van der Waals surface area contributed by atoms with Crippen LogP contribution in [0.3, 0.4) is 0 Å². The molecule has 1 amide bonds. The van der Waals surface area contributed by atoms with Crippen molar-refractivity contribution in [1.29, 1.82) is 0 Å². The zero-order chi connectivity index (χ0) is 13.1. The molecule has 0 spiro atoms. The molecule has 18 heavy (non-hydrogen) atoms. The van der Waals surface area contributed by atoms with Gasteiger partial charge in [-0.2, -0.15) is 0 Å². The maximum Gasteiger partial charge on any atom is 0.226 e. The molecule has 1 saturated heterocycles. The van der Waals surface area contributed by atoms with Crippen molar-refractivity contribution in [3.05, 3.63) is 0 Å². The van der Waals surface area contributed by atoms with Gasteiger partial charge in [-0.25, -0.2) is 0 Å². The van der Waals surface area contributed by atoms with Crippen molar-refractivity contribution >= 4 is 5.91 Å². The monoisotopic (exact) mass is 253 g/mol. The van der Waals surface area contributed by atoms with Crippen LogP contribution in [0.25, 0.3) is 0 Å². The summed E-state index contributed by atoms with van der Waals surface area (Å²) in [5.74, 6) is 0.961. The van der Waals surface area contributed by atoms with E-state index in [2.05, 4.69) is 11.9 Å². The van der Waals surface area contributed by atoms with Crippen molar-refractivity contribution in [2.24, 2.45) is 17.6 Å². The molecule has 4 heteroatoms. The summed E-state index contributed by atoms with van der Waals surface area (Å²) < 4.78 is 0.